The Labute approximate surface area is 116 Å². The van der Waals surface area contributed by atoms with E-state index in [2.05, 4.69) is 11.4 Å². The molecular weight excluding hydrogens is 262 g/mol. The maximum Gasteiger partial charge on any atom is 0.211 e. The maximum atomic E-state index is 11.4. The average molecular weight is 285 g/mol. The van der Waals surface area contributed by atoms with Crippen LogP contribution < -0.4 is 5.32 Å². The van der Waals surface area contributed by atoms with Crippen LogP contribution in [0.3, 0.4) is 0 Å². The number of nitriles is 1. The standard InChI is InChI=1S/C13H23N3O2S/c1-19(17,18)16-7-5-12(6-8-16)15-13-4-2-3-11(9-13)10-14/h11-13,15H,2-9H2,1H3/t11-,13-/m1/s1. The SMILES string of the molecule is CS(=O)(=O)N1CCC(N[C@@H]2CCC[C@@H](C#N)C2)CC1. The van der Waals surface area contributed by atoms with E-state index in [1.165, 1.54) is 6.26 Å². The Balaban J connectivity index is 1.78. The molecule has 108 valence electrons. The van der Waals surface area contributed by atoms with Crippen LogP contribution in [-0.4, -0.2) is 44.2 Å². The molecule has 0 spiro atoms. The molecule has 2 rings (SSSR count). The predicted molar refractivity (Wildman–Crippen MR) is 73.9 cm³/mol. The molecule has 6 heteroatoms. The second kappa shape index (κ2) is 6.21. The molecule has 2 aliphatic rings. The molecule has 0 aromatic heterocycles. The molecule has 1 N–H and O–H groups in total. The van der Waals surface area contributed by atoms with Gasteiger partial charge in [0, 0.05) is 31.1 Å². The van der Waals surface area contributed by atoms with Crippen LogP contribution in [0.4, 0.5) is 0 Å². The second-order valence-electron chi connectivity index (χ2n) is 5.79. The Morgan fingerprint density at radius 1 is 1.16 bits per heavy atom. The molecule has 5 nitrogen and oxygen atoms in total. The number of nitrogens with one attached hydrogen (secondary N) is 1. The van der Waals surface area contributed by atoms with Gasteiger partial charge in [0.2, 0.25) is 10.0 Å². The highest BCUT2D eigenvalue weighted by Gasteiger charge is 2.28. The van der Waals surface area contributed by atoms with Gasteiger partial charge in [-0.05, 0) is 32.1 Å². The third-order valence-corrected chi connectivity index (χ3v) is 5.55. The van der Waals surface area contributed by atoms with Crippen molar-refractivity contribution in [2.24, 2.45) is 5.92 Å². The Morgan fingerprint density at radius 2 is 1.84 bits per heavy atom. The fraction of sp³-hybridized carbons (Fsp3) is 0.923. The number of hydrogen-bond donors (Lipinski definition) is 1. The van der Waals surface area contributed by atoms with E-state index in [9.17, 15) is 8.42 Å². The molecule has 0 unspecified atom stereocenters. The van der Waals surface area contributed by atoms with Crippen molar-refractivity contribution in [2.45, 2.75) is 50.6 Å². The van der Waals surface area contributed by atoms with Crippen LogP contribution in [-0.2, 0) is 10.0 Å². The van der Waals surface area contributed by atoms with Crippen molar-refractivity contribution in [3.05, 3.63) is 0 Å². The minimum Gasteiger partial charge on any atom is -0.311 e. The minimum absolute atomic E-state index is 0.197. The first kappa shape index (κ1) is 14.8. The molecule has 0 aromatic rings. The molecular formula is C13H23N3O2S. The number of sulfonamides is 1. The smallest absolute Gasteiger partial charge is 0.211 e. The van der Waals surface area contributed by atoms with Crippen molar-refractivity contribution in [2.75, 3.05) is 19.3 Å². The van der Waals surface area contributed by atoms with E-state index in [0.717, 1.165) is 38.5 Å². The van der Waals surface area contributed by atoms with E-state index >= 15 is 0 Å². The molecule has 1 saturated carbocycles. The molecule has 1 aliphatic heterocycles. The van der Waals surface area contributed by atoms with Gasteiger partial charge in [0.15, 0.2) is 0 Å². The Bertz CT molecular complexity index is 435. The topological polar surface area (TPSA) is 73.2 Å². The lowest BCUT2D eigenvalue weighted by Gasteiger charge is -2.35. The fourth-order valence-corrected chi connectivity index (χ4v) is 4.02. The highest BCUT2D eigenvalue weighted by molar-refractivity contribution is 7.88. The molecule has 1 aliphatic carbocycles. The number of rotatable bonds is 3. The average Bonchev–Trinajstić information content (AvgIpc) is 2.38. The Kier molecular flexibility index (Phi) is 4.82. The lowest BCUT2D eigenvalue weighted by molar-refractivity contribution is 0.241. The minimum atomic E-state index is -3.03. The Hall–Kier alpha value is -0.640. The van der Waals surface area contributed by atoms with Crippen LogP contribution in [0, 0.1) is 17.2 Å². The number of hydrogen-bond acceptors (Lipinski definition) is 4. The summed E-state index contributed by atoms with van der Waals surface area (Å²) in [7, 11) is -3.03. The predicted octanol–water partition coefficient (Wildman–Crippen LogP) is 1.08. The summed E-state index contributed by atoms with van der Waals surface area (Å²) in [6.07, 6.45) is 7.27. The second-order valence-corrected chi connectivity index (χ2v) is 7.77. The lowest BCUT2D eigenvalue weighted by Crippen LogP contribution is -2.48. The lowest BCUT2D eigenvalue weighted by atomic mass is 9.86. The van der Waals surface area contributed by atoms with E-state index in [1.54, 1.807) is 4.31 Å². The summed E-state index contributed by atoms with van der Waals surface area (Å²) in [5.74, 6) is 0.197. The largest absolute Gasteiger partial charge is 0.311 e. The highest BCUT2D eigenvalue weighted by atomic mass is 32.2. The monoisotopic (exact) mass is 285 g/mol. The number of nitrogens with zero attached hydrogens (tertiary/aromatic N) is 2. The summed E-state index contributed by atoms with van der Waals surface area (Å²) in [5.41, 5.74) is 0. The molecule has 0 aromatic carbocycles. The molecule has 1 saturated heterocycles. The van der Waals surface area contributed by atoms with E-state index in [0.29, 0.717) is 25.2 Å². The van der Waals surface area contributed by atoms with Gasteiger partial charge in [-0.25, -0.2) is 12.7 Å². The van der Waals surface area contributed by atoms with Crippen LogP contribution in [0.2, 0.25) is 0 Å². The van der Waals surface area contributed by atoms with Crippen molar-refractivity contribution < 1.29 is 8.42 Å². The van der Waals surface area contributed by atoms with Gasteiger partial charge in [0.25, 0.3) is 0 Å². The zero-order valence-electron chi connectivity index (χ0n) is 11.5. The van der Waals surface area contributed by atoms with E-state index in [-0.39, 0.29) is 5.92 Å². The van der Waals surface area contributed by atoms with E-state index in [1.807, 2.05) is 0 Å². The van der Waals surface area contributed by atoms with Crippen LogP contribution in [0.5, 0.6) is 0 Å². The molecule has 2 fully saturated rings. The molecule has 19 heavy (non-hydrogen) atoms. The molecule has 0 amide bonds. The molecule has 2 atom stereocenters. The van der Waals surface area contributed by atoms with Gasteiger partial charge in [0.05, 0.1) is 12.3 Å². The summed E-state index contributed by atoms with van der Waals surface area (Å²) in [5, 5.41) is 12.6. The number of piperidine rings is 1. The third-order valence-electron chi connectivity index (χ3n) is 4.25. The van der Waals surface area contributed by atoms with E-state index in [4.69, 9.17) is 5.26 Å². The van der Waals surface area contributed by atoms with Crippen molar-refractivity contribution in [3.8, 4) is 6.07 Å². The molecule has 1 heterocycles. The summed E-state index contributed by atoms with van der Waals surface area (Å²) in [4.78, 5) is 0. The first-order valence-corrected chi connectivity index (χ1v) is 8.94. The summed E-state index contributed by atoms with van der Waals surface area (Å²) >= 11 is 0. The van der Waals surface area contributed by atoms with Gasteiger partial charge < -0.3 is 5.32 Å². The Morgan fingerprint density at radius 3 is 2.42 bits per heavy atom. The van der Waals surface area contributed by atoms with Crippen molar-refractivity contribution in [1.82, 2.24) is 9.62 Å². The quantitative estimate of drug-likeness (QED) is 0.842. The maximum absolute atomic E-state index is 11.4. The van der Waals surface area contributed by atoms with Crippen LogP contribution in [0.1, 0.15) is 38.5 Å². The van der Waals surface area contributed by atoms with Crippen LogP contribution in [0.25, 0.3) is 0 Å². The van der Waals surface area contributed by atoms with Gasteiger partial charge >= 0.3 is 0 Å². The first-order valence-electron chi connectivity index (χ1n) is 7.10. The zero-order chi connectivity index (χ0) is 13.9. The van der Waals surface area contributed by atoms with Crippen molar-refractivity contribution in [1.29, 1.82) is 5.26 Å². The summed E-state index contributed by atoms with van der Waals surface area (Å²) < 4.78 is 24.4. The van der Waals surface area contributed by atoms with Crippen LogP contribution >= 0.6 is 0 Å². The van der Waals surface area contributed by atoms with Gasteiger partial charge in [-0.15, -0.1) is 0 Å². The van der Waals surface area contributed by atoms with Gasteiger partial charge in [0.1, 0.15) is 0 Å². The summed E-state index contributed by atoms with van der Waals surface area (Å²) in [6.45, 7) is 1.23. The third kappa shape index (κ3) is 4.16. The van der Waals surface area contributed by atoms with Gasteiger partial charge in [-0.1, -0.05) is 6.42 Å². The zero-order valence-corrected chi connectivity index (χ0v) is 12.3. The highest BCUT2D eigenvalue weighted by Crippen LogP contribution is 2.25. The normalized spacial score (nSPS) is 30.9. The van der Waals surface area contributed by atoms with Crippen molar-refractivity contribution in [3.63, 3.8) is 0 Å². The van der Waals surface area contributed by atoms with Gasteiger partial charge in [-0.2, -0.15) is 5.26 Å². The van der Waals surface area contributed by atoms with Crippen LogP contribution in [0.15, 0.2) is 0 Å². The molecule has 0 bridgehead atoms. The van der Waals surface area contributed by atoms with E-state index < -0.39 is 10.0 Å². The van der Waals surface area contributed by atoms with Gasteiger partial charge in [-0.3, -0.25) is 0 Å². The molecule has 0 radical (unpaired) electrons. The van der Waals surface area contributed by atoms with Crippen molar-refractivity contribution >= 4 is 10.0 Å². The first-order chi connectivity index (χ1) is 8.99. The fourth-order valence-electron chi connectivity index (χ4n) is 3.15. The summed E-state index contributed by atoms with van der Waals surface area (Å²) in [6, 6.07) is 3.21.